The van der Waals surface area contributed by atoms with E-state index in [1.165, 1.54) is 16.7 Å². The standard InChI is InChI=1S/C15H11.Li/c1-2-6-12(7-3-1)15-11-10-13-8-4-5-9-14(13)15;/h1-11H;. The van der Waals surface area contributed by atoms with Gasteiger partial charge in [0.05, 0.1) is 0 Å². The number of rotatable bonds is 1. The second-order valence-corrected chi connectivity index (χ2v) is 4.49. The molecule has 0 spiro atoms. The molecule has 0 radical (unpaired) electrons. The first-order valence-corrected chi connectivity index (χ1v) is 5.65. The van der Waals surface area contributed by atoms with Crippen molar-refractivity contribution in [2.75, 3.05) is 0 Å². The summed E-state index contributed by atoms with van der Waals surface area (Å²) in [5.41, 5.74) is 4.10. The van der Waals surface area contributed by atoms with Gasteiger partial charge in [0.1, 0.15) is 0 Å². The number of allylic oxidation sites excluding steroid dienone is 1. The van der Waals surface area contributed by atoms with Crippen LogP contribution >= 0.6 is 0 Å². The molecular weight excluding hydrogens is 187 g/mol. The summed E-state index contributed by atoms with van der Waals surface area (Å²) in [5, 5.41) is 0. The van der Waals surface area contributed by atoms with Crippen LogP contribution in [0.4, 0.5) is 0 Å². The molecule has 1 aliphatic carbocycles. The van der Waals surface area contributed by atoms with Gasteiger partial charge in [-0.2, -0.15) is 0 Å². The van der Waals surface area contributed by atoms with E-state index in [1.54, 1.807) is 0 Å². The first-order chi connectivity index (χ1) is 7.81. The van der Waals surface area contributed by atoms with E-state index >= 15 is 0 Å². The van der Waals surface area contributed by atoms with Crippen LogP contribution < -0.4 is 0 Å². The number of hydrogen-bond donors (Lipinski definition) is 0. The van der Waals surface area contributed by atoms with E-state index in [2.05, 4.69) is 84.5 Å². The van der Waals surface area contributed by atoms with Gasteiger partial charge in [-0.3, -0.25) is 0 Å². The molecule has 0 bridgehead atoms. The monoisotopic (exact) mass is 198 g/mol. The van der Waals surface area contributed by atoms with Gasteiger partial charge in [0, 0.05) is 0 Å². The average molecular weight is 198 g/mol. The summed E-state index contributed by atoms with van der Waals surface area (Å²) in [7, 11) is 0. The Kier molecular flexibility index (Phi) is 2.28. The molecule has 0 heterocycles. The van der Waals surface area contributed by atoms with Crippen molar-refractivity contribution < 1.29 is 0 Å². The predicted molar refractivity (Wildman–Crippen MR) is 68.5 cm³/mol. The summed E-state index contributed by atoms with van der Waals surface area (Å²) in [6.45, 7) is 0. The van der Waals surface area contributed by atoms with Gasteiger partial charge in [0.25, 0.3) is 0 Å². The molecule has 0 aliphatic heterocycles. The first-order valence-electron chi connectivity index (χ1n) is 5.65. The molecule has 1 heteroatoms. The van der Waals surface area contributed by atoms with Crippen molar-refractivity contribution in [1.29, 1.82) is 0 Å². The second kappa shape index (κ2) is 3.66. The average Bonchev–Trinajstić information content (AvgIpc) is 2.71. The summed E-state index contributed by atoms with van der Waals surface area (Å²) in [4.78, 5) is 0. The molecule has 0 fully saturated rings. The van der Waals surface area contributed by atoms with Gasteiger partial charge in [-0.05, 0) is 0 Å². The molecule has 1 atom stereocenters. The Morgan fingerprint density at radius 1 is 0.812 bits per heavy atom. The molecule has 0 saturated carbocycles. The van der Waals surface area contributed by atoms with Crippen LogP contribution in [-0.2, 0) is 4.09 Å². The molecule has 2 aromatic rings. The van der Waals surface area contributed by atoms with Crippen molar-refractivity contribution in [3.8, 4) is 0 Å². The van der Waals surface area contributed by atoms with Gasteiger partial charge in [-0.1, -0.05) is 0 Å². The van der Waals surface area contributed by atoms with Crippen LogP contribution in [0.3, 0.4) is 0 Å². The zero-order chi connectivity index (χ0) is 11.0. The fourth-order valence-electron chi connectivity index (χ4n) is 2.50. The third kappa shape index (κ3) is 1.38. The molecule has 0 nitrogen and oxygen atoms in total. The zero-order valence-corrected chi connectivity index (χ0v) is 9.35. The van der Waals surface area contributed by atoms with Crippen LogP contribution in [0, 0.1) is 0 Å². The molecular formula is C15H11Li. The van der Waals surface area contributed by atoms with Gasteiger partial charge in [0.15, 0.2) is 0 Å². The van der Waals surface area contributed by atoms with Crippen LogP contribution in [-0.4, -0.2) is 17.7 Å². The summed E-state index contributed by atoms with van der Waals surface area (Å²) < 4.78 is 0.0395. The van der Waals surface area contributed by atoms with Crippen molar-refractivity contribution in [3.05, 3.63) is 77.4 Å². The minimum absolute atomic E-state index is 0.0395. The van der Waals surface area contributed by atoms with E-state index in [0.717, 1.165) is 0 Å². The van der Waals surface area contributed by atoms with Gasteiger partial charge < -0.3 is 0 Å². The normalized spacial score (nSPS) is 22.1. The summed E-state index contributed by atoms with van der Waals surface area (Å²) in [6, 6.07) is 19.3. The van der Waals surface area contributed by atoms with Crippen molar-refractivity contribution in [1.82, 2.24) is 0 Å². The quantitative estimate of drug-likeness (QED) is 0.617. The summed E-state index contributed by atoms with van der Waals surface area (Å²) in [5.74, 6) is 0. The van der Waals surface area contributed by atoms with E-state index in [1.807, 2.05) is 0 Å². The Morgan fingerprint density at radius 2 is 1.50 bits per heavy atom. The van der Waals surface area contributed by atoms with Gasteiger partial charge >= 0.3 is 105 Å². The van der Waals surface area contributed by atoms with E-state index in [4.69, 9.17) is 0 Å². The Balaban J connectivity index is 2.19. The van der Waals surface area contributed by atoms with Gasteiger partial charge in [-0.25, -0.2) is 0 Å². The molecule has 2 aromatic carbocycles. The maximum atomic E-state index is 2.30. The molecule has 72 valence electrons. The molecule has 0 N–H and O–H groups in total. The van der Waals surface area contributed by atoms with Crippen LogP contribution in [0.25, 0.3) is 6.08 Å². The maximum absolute atomic E-state index is 2.30. The van der Waals surface area contributed by atoms with Gasteiger partial charge in [0.2, 0.25) is 0 Å². The minimum atomic E-state index is 0.0395. The van der Waals surface area contributed by atoms with E-state index in [0.29, 0.717) is 0 Å². The Hall–Kier alpha value is -1.22. The Labute approximate surface area is 105 Å². The SMILES string of the molecule is [Li][C]1(c2ccccc2)C=Cc2ccccc21. The van der Waals surface area contributed by atoms with Crippen molar-refractivity contribution in [2.24, 2.45) is 0 Å². The van der Waals surface area contributed by atoms with Crippen molar-refractivity contribution in [2.45, 2.75) is 4.09 Å². The van der Waals surface area contributed by atoms with Crippen molar-refractivity contribution >= 4 is 23.8 Å². The fourth-order valence-corrected chi connectivity index (χ4v) is 2.50. The van der Waals surface area contributed by atoms with Crippen LogP contribution in [0.15, 0.2) is 60.7 Å². The predicted octanol–water partition coefficient (Wildman–Crippen LogP) is 3.13. The van der Waals surface area contributed by atoms with Crippen LogP contribution in [0.2, 0.25) is 0 Å². The number of fused-ring (bicyclic) bond motifs is 1. The summed E-state index contributed by atoms with van der Waals surface area (Å²) in [6.07, 6.45) is 4.52. The molecule has 0 aromatic heterocycles. The molecule has 0 saturated heterocycles. The topological polar surface area (TPSA) is 0 Å². The molecule has 3 rings (SSSR count). The Morgan fingerprint density at radius 3 is 2.31 bits per heavy atom. The van der Waals surface area contributed by atoms with E-state index in [-0.39, 0.29) is 4.09 Å². The second-order valence-electron chi connectivity index (χ2n) is 4.49. The number of benzene rings is 2. The van der Waals surface area contributed by atoms with E-state index in [9.17, 15) is 0 Å². The fraction of sp³-hybridized carbons (Fsp3) is 0.0667. The van der Waals surface area contributed by atoms with Crippen molar-refractivity contribution in [3.63, 3.8) is 0 Å². The van der Waals surface area contributed by atoms with E-state index < -0.39 is 0 Å². The van der Waals surface area contributed by atoms with Crippen LogP contribution in [0.1, 0.15) is 16.7 Å². The Bertz CT molecular complexity index is 542. The van der Waals surface area contributed by atoms with Crippen LogP contribution in [0.5, 0.6) is 0 Å². The number of hydrogen-bond acceptors (Lipinski definition) is 0. The zero-order valence-electron chi connectivity index (χ0n) is 9.35. The summed E-state index contributed by atoms with van der Waals surface area (Å²) >= 11 is 2.28. The van der Waals surface area contributed by atoms with Gasteiger partial charge in [-0.15, -0.1) is 0 Å². The molecule has 0 amide bonds. The molecule has 1 unspecified atom stereocenters. The third-order valence-electron chi connectivity index (χ3n) is 3.49. The molecule has 16 heavy (non-hydrogen) atoms. The first kappa shape index (κ1) is 9.97. The third-order valence-corrected chi connectivity index (χ3v) is 3.49. The molecule has 1 aliphatic rings.